The van der Waals surface area contributed by atoms with Gasteiger partial charge < -0.3 is 16.0 Å². The zero-order valence-corrected chi connectivity index (χ0v) is 20.4. The van der Waals surface area contributed by atoms with Gasteiger partial charge >= 0.3 is 0 Å². The first-order valence-corrected chi connectivity index (χ1v) is 12.1. The van der Waals surface area contributed by atoms with Crippen molar-refractivity contribution in [3.63, 3.8) is 0 Å². The molecule has 2 atom stereocenters. The lowest BCUT2D eigenvalue weighted by Gasteiger charge is -2.23. The SMILES string of the molecule is NC(=O)c1nn(CC(=O)N2CC(F)CC2C(=O)Nc2ccc3cn[nH]c3c2)c2ccc(-c3ccnnc3)cc12. The molecule has 2 aromatic carbocycles. The number of halogens is 1. The van der Waals surface area contributed by atoms with Crippen LogP contribution in [-0.4, -0.2) is 71.6 Å². The van der Waals surface area contributed by atoms with Gasteiger partial charge in [0.25, 0.3) is 5.91 Å². The molecule has 5 aromatic rings. The Bertz CT molecular complexity index is 1730. The number of amides is 3. The number of nitrogens with two attached hydrogens (primary N) is 1. The maximum absolute atomic E-state index is 14.5. The minimum absolute atomic E-state index is 0.00468. The summed E-state index contributed by atoms with van der Waals surface area (Å²) in [7, 11) is 0. The monoisotopic (exact) mass is 527 g/mol. The van der Waals surface area contributed by atoms with Crippen LogP contribution in [0, 0.1) is 0 Å². The molecule has 0 radical (unpaired) electrons. The Morgan fingerprint density at radius 1 is 1.08 bits per heavy atom. The van der Waals surface area contributed by atoms with Gasteiger partial charge in [0.05, 0.1) is 36.2 Å². The van der Waals surface area contributed by atoms with E-state index in [1.807, 2.05) is 0 Å². The summed E-state index contributed by atoms with van der Waals surface area (Å²) in [6, 6.07) is 11.2. The summed E-state index contributed by atoms with van der Waals surface area (Å²) in [6.45, 7) is -0.534. The Hall–Kier alpha value is -5.20. The van der Waals surface area contributed by atoms with Crippen LogP contribution in [0.3, 0.4) is 0 Å². The highest BCUT2D eigenvalue weighted by Crippen LogP contribution is 2.28. The summed E-state index contributed by atoms with van der Waals surface area (Å²) in [5, 5.41) is 22.8. The van der Waals surface area contributed by atoms with Crippen LogP contribution in [0.15, 0.2) is 61.1 Å². The molecule has 1 aliphatic rings. The lowest BCUT2D eigenvalue weighted by atomic mass is 10.0. The number of aromatic amines is 1. The summed E-state index contributed by atoms with van der Waals surface area (Å²) in [4.78, 5) is 39.8. The molecule has 0 saturated carbocycles. The van der Waals surface area contributed by atoms with E-state index in [-0.39, 0.29) is 25.2 Å². The van der Waals surface area contributed by atoms with E-state index in [0.29, 0.717) is 16.6 Å². The second-order valence-corrected chi connectivity index (χ2v) is 9.29. The van der Waals surface area contributed by atoms with E-state index in [2.05, 4.69) is 30.8 Å². The van der Waals surface area contributed by atoms with Crippen molar-refractivity contribution in [2.75, 3.05) is 11.9 Å². The number of rotatable bonds is 6. The van der Waals surface area contributed by atoms with Crippen molar-refractivity contribution in [3.8, 4) is 11.1 Å². The number of nitrogens with zero attached hydrogens (tertiary/aromatic N) is 6. The zero-order valence-electron chi connectivity index (χ0n) is 20.4. The summed E-state index contributed by atoms with van der Waals surface area (Å²) >= 11 is 0. The third-order valence-corrected chi connectivity index (χ3v) is 6.77. The van der Waals surface area contributed by atoms with Crippen LogP contribution < -0.4 is 11.1 Å². The number of H-pyrrole nitrogens is 1. The van der Waals surface area contributed by atoms with Gasteiger partial charge in [-0.05, 0) is 42.0 Å². The van der Waals surface area contributed by atoms with Crippen molar-refractivity contribution >= 4 is 45.2 Å². The van der Waals surface area contributed by atoms with Gasteiger partial charge in [-0.3, -0.25) is 24.2 Å². The van der Waals surface area contributed by atoms with Crippen LogP contribution in [0.1, 0.15) is 16.9 Å². The summed E-state index contributed by atoms with van der Waals surface area (Å²) in [5.74, 6) is -1.77. The Morgan fingerprint density at radius 2 is 1.95 bits per heavy atom. The quantitative estimate of drug-likeness (QED) is 0.304. The average Bonchev–Trinajstić information content (AvgIpc) is 3.65. The Kier molecular flexibility index (Phi) is 5.94. The molecule has 196 valence electrons. The molecule has 2 unspecified atom stereocenters. The van der Waals surface area contributed by atoms with Crippen molar-refractivity contribution < 1.29 is 18.8 Å². The van der Waals surface area contributed by atoms with Gasteiger partial charge in [-0.2, -0.15) is 20.4 Å². The molecule has 4 N–H and O–H groups in total. The number of fused-ring (bicyclic) bond motifs is 2. The molecule has 0 bridgehead atoms. The summed E-state index contributed by atoms with van der Waals surface area (Å²) in [6.07, 6.45) is 3.31. The average molecular weight is 528 g/mol. The fourth-order valence-corrected chi connectivity index (χ4v) is 4.89. The molecule has 0 aliphatic carbocycles. The van der Waals surface area contributed by atoms with E-state index in [1.165, 1.54) is 9.58 Å². The number of likely N-dealkylation sites (tertiary alicyclic amines) is 1. The van der Waals surface area contributed by atoms with E-state index in [1.54, 1.807) is 61.1 Å². The van der Waals surface area contributed by atoms with Crippen molar-refractivity contribution in [1.82, 2.24) is 35.1 Å². The maximum Gasteiger partial charge on any atom is 0.269 e. The van der Waals surface area contributed by atoms with Gasteiger partial charge in [-0.15, -0.1) is 0 Å². The van der Waals surface area contributed by atoms with E-state index < -0.39 is 29.9 Å². The van der Waals surface area contributed by atoms with Crippen LogP contribution in [0.25, 0.3) is 32.9 Å². The third-order valence-electron chi connectivity index (χ3n) is 6.77. The van der Waals surface area contributed by atoms with Gasteiger partial charge in [-0.1, -0.05) is 6.07 Å². The number of nitrogens with one attached hydrogen (secondary N) is 2. The van der Waals surface area contributed by atoms with Crippen LogP contribution in [-0.2, 0) is 16.1 Å². The minimum atomic E-state index is -1.35. The van der Waals surface area contributed by atoms with Gasteiger partial charge in [0.1, 0.15) is 18.8 Å². The second-order valence-electron chi connectivity index (χ2n) is 9.29. The number of benzene rings is 2. The van der Waals surface area contributed by atoms with Crippen LogP contribution in [0.2, 0.25) is 0 Å². The lowest BCUT2D eigenvalue weighted by molar-refractivity contribution is -0.137. The molecule has 3 amide bonds. The number of hydrogen-bond donors (Lipinski definition) is 3. The van der Waals surface area contributed by atoms with E-state index in [0.717, 1.165) is 22.0 Å². The van der Waals surface area contributed by atoms with Crippen LogP contribution in [0.4, 0.5) is 10.1 Å². The van der Waals surface area contributed by atoms with Crippen molar-refractivity contribution in [3.05, 3.63) is 66.7 Å². The normalized spacial score (nSPS) is 17.1. The topological polar surface area (TPSA) is 165 Å². The predicted octanol–water partition coefficient (Wildman–Crippen LogP) is 2.05. The van der Waals surface area contributed by atoms with Gasteiger partial charge in [0.2, 0.25) is 11.8 Å². The molecule has 12 nitrogen and oxygen atoms in total. The Labute approximate surface area is 220 Å². The number of carbonyl (C=O) groups excluding carboxylic acids is 3. The lowest BCUT2D eigenvalue weighted by Crippen LogP contribution is -2.44. The number of aromatic nitrogens is 6. The fourth-order valence-electron chi connectivity index (χ4n) is 4.89. The number of hydrogen-bond acceptors (Lipinski definition) is 7. The maximum atomic E-state index is 14.5. The van der Waals surface area contributed by atoms with Crippen molar-refractivity contribution in [1.29, 1.82) is 0 Å². The minimum Gasteiger partial charge on any atom is -0.364 e. The predicted molar refractivity (Wildman–Crippen MR) is 139 cm³/mol. The second kappa shape index (κ2) is 9.59. The molecule has 1 saturated heterocycles. The summed E-state index contributed by atoms with van der Waals surface area (Å²) in [5.41, 5.74) is 8.83. The molecule has 4 heterocycles. The molecule has 1 aliphatic heterocycles. The zero-order chi connectivity index (χ0) is 27.1. The van der Waals surface area contributed by atoms with Gasteiger partial charge in [0.15, 0.2) is 5.69 Å². The first-order chi connectivity index (χ1) is 18.9. The Balaban J connectivity index is 1.25. The van der Waals surface area contributed by atoms with Crippen molar-refractivity contribution in [2.45, 2.75) is 25.2 Å². The number of anilines is 1. The molecular weight excluding hydrogens is 505 g/mol. The highest BCUT2D eigenvalue weighted by Gasteiger charge is 2.40. The highest BCUT2D eigenvalue weighted by molar-refractivity contribution is 6.05. The molecule has 3 aromatic heterocycles. The summed E-state index contributed by atoms with van der Waals surface area (Å²) < 4.78 is 15.8. The van der Waals surface area contributed by atoms with Crippen molar-refractivity contribution in [2.24, 2.45) is 5.73 Å². The van der Waals surface area contributed by atoms with Gasteiger partial charge in [0, 0.05) is 28.4 Å². The van der Waals surface area contributed by atoms with E-state index >= 15 is 0 Å². The largest absolute Gasteiger partial charge is 0.364 e. The Morgan fingerprint density at radius 3 is 2.74 bits per heavy atom. The number of carbonyl (C=O) groups is 3. The van der Waals surface area contributed by atoms with Gasteiger partial charge in [-0.25, -0.2) is 4.39 Å². The first-order valence-electron chi connectivity index (χ1n) is 12.1. The third kappa shape index (κ3) is 4.54. The smallest absolute Gasteiger partial charge is 0.269 e. The number of alkyl halides is 1. The highest BCUT2D eigenvalue weighted by atomic mass is 19.1. The van der Waals surface area contributed by atoms with Crippen LogP contribution >= 0.6 is 0 Å². The molecular formula is C26H22FN9O3. The standard InChI is InChI=1S/C26H22FN9O3/c27-17-8-22(26(39)32-18-3-1-16-11-31-33-20(16)9-18)35(12-17)23(37)13-36-21-4-2-14(15-5-6-29-30-10-15)7-19(21)24(34-36)25(28)38/h1-7,9-11,17,22H,8,12-13H2,(H2,28,38)(H,31,33)(H,32,39). The molecule has 39 heavy (non-hydrogen) atoms. The van der Waals surface area contributed by atoms with Crippen LogP contribution in [0.5, 0.6) is 0 Å². The van der Waals surface area contributed by atoms with E-state index in [4.69, 9.17) is 5.73 Å². The number of primary amides is 1. The first kappa shape index (κ1) is 24.2. The fraction of sp³-hybridized carbons (Fsp3) is 0.192. The molecule has 1 fully saturated rings. The molecule has 13 heteroatoms. The molecule has 6 rings (SSSR count). The van der Waals surface area contributed by atoms with E-state index in [9.17, 15) is 18.8 Å². The molecule has 0 spiro atoms.